The van der Waals surface area contributed by atoms with Crippen LogP contribution in [0.4, 0.5) is 0 Å². The maximum Gasteiger partial charge on any atom is 0.119 e. The monoisotopic (exact) mass is 216 g/mol. The van der Waals surface area contributed by atoms with Crippen molar-refractivity contribution < 1.29 is 4.74 Å². The van der Waals surface area contributed by atoms with E-state index < -0.39 is 0 Å². The van der Waals surface area contributed by atoms with Crippen molar-refractivity contribution in [1.82, 2.24) is 0 Å². The van der Waals surface area contributed by atoms with E-state index in [9.17, 15) is 0 Å². The highest BCUT2D eigenvalue weighted by atomic mass is 16.5. The highest BCUT2D eigenvalue weighted by Gasteiger charge is 2.00. The minimum atomic E-state index is 0.917. The third-order valence-corrected chi connectivity index (χ3v) is 2.64. The second kappa shape index (κ2) is 5.55. The summed E-state index contributed by atoms with van der Waals surface area (Å²) < 4.78 is 5.28. The Hall–Kier alpha value is -1.50. The first-order valence-corrected chi connectivity index (χ1v) is 5.54. The van der Waals surface area contributed by atoms with Crippen molar-refractivity contribution in [2.75, 3.05) is 7.11 Å². The van der Waals surface area contributed by atoms with E-state index in [-0.39, 0.29) is 0 Å². The molecule has 0 aliphatic heterocycles. The van der Waals surface area contributed by atoms with Gasteiger partial charge >= 0.3 is 0 Å². The number of hydrogen-bond acceptors (Lipinski definition) is 1. The molecule has 1 aromatic carbocycles. The molecule has 0 unspecified atom stereocenters. The van der Waals surface area contributed by atoms with Gasteiger partial charge in [0, 0.05) is 0 Å². The lowest BCUT2D eigenvalue weighted by Gasteiger charge is -2.07. The first-order chi connectivity index (χ1) is 7.56. The van der Waals surface area contributed by atoms with Crippen molar-refractivity contribution in [2.45, 2.75) is 27.7 Å². The molecule has 16 heavy (non-hydrogen) atoms. The largest absolute Gasteiger partial charge is 0.497 e. The molecule has 1 rings (SSSR count). The quantitative estimate of drug-likeness (QED) is 0.681. The van der Waals surface area contributed by atoms with E-state index in [2.05, 4.69) is 52.0 Å². The normalized spacial score (nSPS) is 12.8. The third-order valence-electron chi connectivity index (χ3n) is 2.64. The van der Waals surface area contributed by atoms with Crippen molar-refractivity contribution in [3.63, 3.8) is 0 Å². The lowest BCUT2D eigenvalue weighted by Crippen LogP contribution is -1.88. The summed E-state index contributed by atoms with van der Waals surface area (Å²) in [5.41, 5.74) is 4.98. The summed E-state index contributed by atoms with van der Waals surface area (Å²) in [6, 6.07) is 6.29. The molecule has 0 N–H and O–H groups in total. The van der Waals surface area contributed by atoms with E-state index in [1.54, 1.807) is 7.11 Å². The third kappa shape index (κ3) is 3.27. The standard InChI is InChI=1S/C15H20O/c1-6-11(2)7-13(4)14-8-12(3)9-15(10-14)16-5/h6-10H,1-5H3/b11-6-,13-7+. The molecular formula is C15H20O. The van der Waals surface area contributed by atoms with Crippen LogP contribution in [0.1, 0.15) is 31.9 Å². The van der Waals surface area contributed by atoms with Crippen LogP contribution < -0.4 is 4.74 Å². The minimum Gasteiger partial charge on any atom is -0.497 e. The first-order valence-electron chi connectivity index (χ1n) is 5.54. The molecule has 0 fully saturated rings. The smallest absolute Gasteiger partial charge is 0.119 e. The van der Waals surface area contributed by atoms with Gasteiger partial charge in [-0.1, -0.05) is 23.8 Å². The van der Waals surface area contributed by atoms with Crippen LogP contribution in [0.3, 0.4) is 0 Å². The average molecular weight is 216 g/mol. The van der Waals surface area contributed by atoms with Gasteiger partial charge in [0.1, 0.15) is 5.75 Å². The number of rotatable bonds is 3. The van der Waals surface area contributed by atoms with Crippen LogP contribution in [0.15, 0.2) is 35.9 Å². The molecule has 0 atom stereocenters. The lowest BCUT2D eigenvalue weighted by molar-refractivity contribution is 0.414. The Labute approximate surface area is 98.5 Å². The molecular weight excluding hydrogens is 196 g/mol. The summed E-state index contributed by atoms with van der Waals surface area (Å²) in [5.74, 6) is 0.917. The van der Waals surface area contributed by atoms with Gasteiger partial charge in [0.2, 0.25) is 0 Å². The SMILES string of the molecule is C/C=C(C)\C=C(/C)c1cc(C)cc(OC)c1. The van der Waals surface area contributed by atoms with Crippen LogP contribution in [0.25, 0.3) is 5.57 Å². The van der Waals surface area contributed by atoms with Gasteiger partial charge in [-0.3, -0.25) is 0 Å². The van der Waals surface area contributed by atoms with Gasteiger partial charge < -0.3 is 4.74 Å². The summed E-state index contributed by atoms with van der Waals surface area (Å²) in [4.78, 5) is 0. The molecule has 1 heteroatoms. The maximum absolute atomic E-state index is 5.28. The highest BCUT2D eigenvalue weighted by Crippen LogP contribution is 2.23. The molecule has 0 aliphatic carbocycles. The van der Waals surface area contributed by atoms with E-state index in [0.29, 0.717) is 0 Å². The van der Waals surface area contributed by atoms with Gasteiger partial charge in [0.25, 0.3) is 0 Å². The van der Waals surface area contributed by atoms with E-state index >= 15 is 0 Å². The summed E-state index contributed by atoms with van der Waals surface area (Å²) in [5, 5.41) is 0. The van der Waals surface area contributed by atoms with Crippen LogP contribution in [0.2, 0.25) is 0 Å². The highest BCUT2D eigenvalue weighted by molar-refractivity contribution is 5.68. The fourth-order valence-corrected chi connectivity index (χ4v) is 1.60. The Balaban J connectivity index is 3.13. The molecule has 0 aromatic heterocycles. The molecule has 0 spiro atoms. The molecule has 0 saturated heterocycles. The predicted molar refractivity (Wildman–Crippen MR) is 70.8 cm³/mol. The van der Waals surface area contributed by atoms with Crippen LogP contribution in [-0.2, 0) is 0 Å². The van der Waals surface area contributed by atoms with Crippen LogP contribution in [-0.4, -0.2) is 7.11 Å². The Morgan fingerprint density at radius 1 is 1.19 bits per heavy atom. The number of aryl methyl sites for hydroxylation is 1. The molecule has 1 nitrogen and oxygen atoms in total. The molecule has 0 bridgehead atoms. The minimum absolute atomic E-state index is 0.917. The average Bonchev–Trinajstić information content (AvgIpc) is 2.27. The van der Waals surface area contributed by atoms with Crippen LogP contribution >= 0.6 is 0 Å². The topological polar surface area (TPSA) is 9.23 Å². The first kappa shape index (κ1) is 12.6. The van der Waals surface area contributed by atoms with E-state index in [0.717, 1.165) is 5.75 Å². The Kier molecular flexibility index (Phi) is 4.36. The van der Waals surface area contributed by atoms with Gasteiger partial charge in [0.05, 0.1) is 7.11 Å². The van der Waals surface area contributed by atoms with Gasteiger partial charge in [-0.05, 0) is 56.5 Å². The van der Waals surface area contributed by atoms with Gasteiger partial charge in [-0.25, -0.2) is 0 Å². The number of benzene rings is 1. The molecule has 0 aliphatic rings. The van der Waals surface area contributed by atoms with Gasteiger partial charge in [-0.15, -0.1) is 0 Å². The number of methoxy groups -OCH3 is 1. The zero-order chi connectivity index (χ0) is 12.1. The predicted octanol–water partition coefficient (Wildman–Crippen LogP) is 4.37. The van der Waals surface area contributed by atoms with Crippen molar-refractivity contribution in [3.05, 3.63) is 47.1 Å². The summed E-state index contributed by atoms with van der Waals surface area (Å²) in [6.07, 6.45) is 4.30. The van der Waals surface area contributed by atoms with Crippen molar-refractivity contribution in [2.24, 2.45) is 0 Å². The zero-order valence-electron chi connectivity index (χ0n) is 10.8. The molecule has 0 saturated carbocycles. The summed E-state index contributed by atoms with van der Waals surface area (Å²) >= 11 is 0. The van der Waals surface area contributed by atoms with Crippen LogP contribution in [0.5, 0.6) is 5.75 Å². The Morgan fingerprint density at radius 3 is 2.44 bits per heavy atom. The second-order valence-electron chi connectivity index (χ2n) is 4.10. The molecule has 0 amide bonds. The van der Waals surface area contributed by atoms with Crippen LogP contribution in [0, 0.1) is 6.92 Å². The maximum atomic E-state index is 5.28. The van der Waals surface area contributed by atoms with Gasteiger partial charge in [-0.2, -0.15) is 0 Å². The Bertz CT molecular complexity index is 425. The molecule has 1 aromatic rings. The molecule has 0 radical (unpaired) electrons. The number of hydrogen-bond donors (Lipinski definition) is 0. The van der Waals surface area contributed by atoms with E-state index in [1.807, 2.05) is 6.07 Å². The lowest BCUT2D eigenvalue weighted by atomic mass is 10.0. The fraction of sp³-hybridized carbons (Fsp3) is 0.333. The second-order valence-corrected chi connectivity index (χ2v) is 4.10. The number of ether oxygens (including phenoxy) is 1. The van der Waals surface area contributed by atoms with Crippen molar-refractivity contribution in [1.29, 1.82) is 0 Å². The Morgan fingerprint density at radius 2 is 1.88 bits per heavy atom. The zero-order valence-corrected chi connectivity index (χ0v) is 10.8. The van der Waals surface area contributed by atoms with Crippen molar-refractivity contribution >= 4 is 5.57 Å². The van der Waals surface area contributed by atoms with Crippen molar-refractivity contribution in [3.8, 4) is 5.75 Å². The molecule has 86 valence electrons. The van der Waals surface area contributed by atoms with Gasteiger partial charge in [0.15, 0.2) is 0 Å². The summed E-state index contributed by atoms with van der Waals surface area (Å²) in [6.45, 7) is 8.37. The molecule has 0 heterocycles. The fourth-order valence-electron chi connectivity index (χ4n) is 1.60. The summed E-state index contributed by atoms with van der Waals surface area (Å²) in [7, 11) is 1.70. The number of allylic oxidation sites excluding steroid dienone is 4. The van der Waals surface area contributed by atoms with E-state index in [1.165, 1.54) is 22.3 Å². The van der Waals surface area contributed by atoms with E-state index in [4.69, 9.17) is 4.74 Å².